The molecular weight excluding hydrogens is 212 g/mol. The Bertz CT molecular complexity index is 302. The van der Waals surface area contributed by atoms with Gasteiger partial charge < -0.3 is 15.4 Å². The molecular formula is C14H24N2O. The maximum atomic E-state index is 5.75. The minimum atomic E-state index is 0.794. The topological polar surface area (TPSA) is 33.3 Å². The fourth-order valence-corrected chi connectivity index (χ4v) is 1.53. The van der Waals surface area contributed by atoms with Gasteiger partial charge in [-0.3, -0.25) is 0 Å². The number of rotatable bonds is 9. The molecule has 0 fully saturated rings. The number of likely N-dealkylation sites (N-methyl/N-ethyl adjacent to an activating group) is 1. The second-order valence-corrected chi connectivity index (χ2v) is 3.98. The lowest BCUT2D eigenvalue weighted by Crippen LogP contribution is -2.21. The Hall–Kier alpha value is -1.22. The van der Waals surface area contributed by atoms with E-state index in [2.05, 4.69) is 30.5 Å². The van der Waals surface area contributed by atoms with Crippen molar-refractivity contribution in [3.63, 3.8) is 0 Å². The molecule has 0 aliphatic rings. The third kappa shape index (κ3) is 5.59. The van der Waals surface area contributed by atoms with Gasteiger partial charge in [-0.1, -0.05) is 32.4 Å². The molecule has 0 unspecified atom stereocenters. The zero-order valence-corrected chi connectivity index (χ0v) is 11.0. The molecule has 17 heavy (non-hydrogen) atoms. The highest BCUT2D eigenvalue weighted by Gasteiger charge is 2.01. The molecule has 0 bridgehead atoms. The summed E-state index contributed by atoms with van der Waals surface area (Å²) >= 11 is 0. The van der Waals surface area contributed by atoms with Gasteiger partial charge in [0.05, 0.1) is 12.3 Å². The number of unbranched alkanes of at least 4 members (excludes halogenated alkanes) is 1. The SMILES string of the molecule is CCCCOc1ccccc1NCCNCC. The summed E-state index contributed by atoms with van der Waals surface area (Å²) in [7, 11) is 0. The van der Waals surface area contributed by atoms with Crippen LogP contribution in [-0.2, 0) is 0 Å². The van der Waals surface area contributed by atoms with Crippen LogP contribution in [-0.4, -0.2) is 26.2 Å². The second kappa shape index (κ2) is 8.88. The maximum absolute atomic E-state index is 5.75. The van der Waals surface area contributed by atoms with Gasteiger partial charge in [-0.2, -0.15) is 0 Å². The van der Waals surface area contributed by atoms with E-state index in [-0.39, 0.29) is 0 Å². The smallest absolute Gasteiger partial charge is 0.142 e. The van der Waals surface area contributed by atoms with Crippen molar-refractivity contribution in [1.82, 2.24) is 5.32 Å². The number of hydrogen-bond acceptors (Lipinski definition) is 3. The average molecular weight is 236 g/mol. The molecule has 0 atom stereocenters. The highest BCUT2D eigenvalue weighted by atomic mass is 16.5. The van der Waals surface area contributed by atoms with Gasteiger partial charge >= 0.3 is 0 Å². The Morgan fingerprint density at radius 1 is 1.12 bits per heavy atom. The van der Waals surface area contributed by atoms with E-state index in [1.165, 1.54) is 0 Å². The summed E-state index contributed by atoms with van der Waals surface area (Å²) in [4.78, 5) is 0. The van der Waals surface area contributed by atoms with Crippen molar-refractivity contribution in [3.05, 3.63) is 24.3 Å². The molecule has 0 radical (unpaired) electrons. The van der Waals surface area contributed by atoms with Gasteiger partial charge in [0, 0.05) is 13.1 Å². The van der Waals surface area contributed by atoms with E-state index in [1.54, 1.807) is 0 Å². The second-order valence-electron chi connectivity index (χ2n) is 3.98. The summed E-state index contributed by atoms with van der Waals surface area (Å²) < 4.78 is 5.75. The molecule has 0 heterocycles. The third-order valence-corrected chi connectivity index (χ3v) is 2.51. The Morgan fingerprint density at radius 3 is 2.71 bits per heavy atom. The first kappa shape index (κ1) is 13.8. The monoisotopic (exact) mass is 236 g/mol. The van der Waals surface area contributed by atoms with Gasteiger partial charge in [-0.15, -0.1) is 0 Å². The van der Waals surface area contributed by atoms with Crippen LogP contribution in [0.3, 0.4) is 0 Å². The Balaban J connectivity index is 2.40. The summed E-state index contributed by atoms with van der Waals surface area (Å²) in [5.74, 6) is 0.956. The maximum Gasteiger partial charge on any atom is 0.142 e. The molecule has 1 rings (SSSR count). The predicted octanol–water partition coefficient (Wildman–Crippen LogP) is 2.89. The highest BCUT2D eigenvalue weighted by Crippen LogP contribution is 2.23. The molecule has 0 amide bonds. The van der Waals surface area contributed by atoms with Crippen LogP contribution in [0.2, 0.25) is 0 Å². The van der Waals surface area contributed by atoms with Crippen LogP contribution in [0.4, 0.5) is 5.69 Å². The van der Waals surface area contributed by atoms with Crippen molar-refractivity contribution >= 4 is 5.69 Å². The molecule has 0 aromatic heterocycles. The van der Waals surface area contributed by atoms with Gasteiger partial charge in [0.25, 0.3) is 0 Å². The van der Waals surface area contributed by atoms with Crippen LogP contribution < -0.4 is 15.4 Å². The van der Waals surface area contributed by atoms with Crippen molar-refractivity contribution in [3.8, 4) is 5.75 Å². The molecule has 0 aliphatic carbocycles. The third-order valence-electron chi connectivity index (χ3n) is 2.51. The van der Waals surface area contributed by atoms with Crippen LogP contribution in [0.1, 0.15) is 26.7 Å². The van der Waals surface area contributed by atoms with Crippen LogP contribution in [0, 0.1) is 0 Å². The van der Waals surface area contributed by atoms with Crippen molar-refractivity contribution < 1.29 is 4.74 Å². The summed E-state index contributed by atoms with van der Waals surface area (Å²) in [6.45, 7) is 7.98. The first-order valence-electron chi connectivity index (χ1n) is 6.55. The number of ether oxygens (including phenoxy) is 1. The Morgan fingerprint density at radius 2 is 1.94 bits per heavy atom. The lowest BCUT2D eigenvalue weighted by molar-refractivity contribution is 0.310. The lowest BCUT2D eigenvalue weighted by atomic mass is 10.3. The first-order valence-corrected chi connectivity index (χ1v) is 6.55. The fourth-order valence-electron chi connectivity index (χ4n) is 1.53. The van der Waals surface area contributed by atoms with E-state index < -0.39 is 0 Å². The van der Waals surface area contributed by atoms with Crippen LogP contribution >= 0.6 is 0 Å². The lowest BCUT2D eigenvalue weighted by Gasteiger charge is -2.13. The standard InChI is InChI=1S/C14H24N2O/c1-3-5-12-17-14-9-7-6-8-13(14)16-11-10-15-4-2/h6-9,15-16H,3-5,10-12H2,1-2H3. The predicted molar refractivity (Wildman–Crippen MR) is 73.9 cm³/mol. The summed E-state index contributed by atoms with van der Waals surface area (Å²) in [5, 5.41) is 6.67. The van der Waals surface area contributed by atoms with E-state index in [0.717, 1.165) is 50.5 Å². The van der Waals surface area contributed by atoms with Crippen molar-refractivity contribution in [1.29, 1.82) is 0 Å². The normalized spacial score (nSPS) is 10.2. The van der Waals surface area contributed by atoms with E-state index in [0.29, 0.717) is 0 Å². The first-order chi connectivity index (χ1) is 8.38. The zero-order chi connectivity index (χ0) is 12.3. The molecule has 1 aromatic carbocycles. The van der Waals surface area contributed by atoms with Crippen LogP contribution in [0.15, 0.2) is 24.3 Å². The number of hydrogen-bond donors (Lipinski definition) is 2. The summed E-state index contributed by atoms with van der Waals surface area (Å²) in [6.07, 6.45) is 2.27. The quantitative estimate of drug-likeness (QED) is 0.647. The van der Waals surface area contributed by atoms with Gasteiger partial charge in [-0.05, 0) is 25.1 Å². The molecule has 0 spiro atoms. The number of nitrogens with one attached hydrogen (secondary N) is 2. The molecule has 0 saturated carbocycles. The van der Waals surface area contributed by atoms with E-state index in [9.17, 15) is 0 Å². The van der Waals surface area contributed by atoms with E-state index in [1.807, 2.05) is 18.2 Å². The molecule has 3 heteroatoms. The molecule has 0 aliphatic heterocycles. The summed E-state index contributed by atoms with van der Waals surface area (Å²) in [5.41, 5.74) is 1.08. The average Bonchev–Trinajstić information content (AvgIpc) is 2.36. The molecule has 96 valence electrons. The molecule has 0 saturated heterocycles. The number of anilines is 1. The van der Waals surface area contributed by atoms with Crippen molar-refractivity contribution in [2.45, 2.75) is 26.7 Å². The van der Waals surface area contributed by atoms with E-state index >= 15 is 0 Å². The van der Waals surface area contributed by atoms with Gasteiger partial charge in [-0.25, -0.2) is 0 Å². The highest BCUT2D eigenvalue weighted by molar-refractivity contribution is 5.56. The van der Waals surface area contributed by atoms with E-state index in [4.69, 9.17) is 4.74 Å². The Labute approximate surface area is 105 Å². The fraction of sp³-hybridized carbons (Fsp3) is 0.571. The number of para-hydroxylation sites is 2. The largest absolute Gasteiger partial charge is 0.491 e. The minimum Gasteiger partial charge on any atom is -0.491 e. The Kier molecular flexibility index (Phi) is 7.23. The number of benzene rings is 1. The molecule has 1 aromatic rings. The minimum absolute atomic E-state index is 0.794. The van der Waals surface area contributed by atoms with Crippen molar-refractivity contribution in [2.24, 2.45) is 0 Å². The van der Waals surface area contributed by atoms with Gasteiger partial charge in [0.1, 0.15) is 5.75 Å². The van der Waals surface area contributed by atoms with Crippen molar-refractivity contribution in [2.75, 3.05) is 31.6 Å². The van der Waals surface area contributed by atoms with Crippen LogP contribution in [0.25, 0.3) is 0 Å². The molecule has 2 N–H and O–H groups in total. The van der Waals surface area contributed by atoms with Gasteiger partial charge in [0.15, 0.2) is 0 Å². The molecule has 3 nitrogen and oxygen atoms in total. The summed E-state index contributed by atoms with van der Waals surface area (Å²) in [6, 6.07) is 8.12. The van der Waals surface area contributed by atoms with Gasteiger partial charge in [0.2, 0.25) is 0 Å². The van der Waals surface area contributed by atoms with Crippen LogP contribution in [0.5, 0.6) is 5.75 Å². The zero-order valence-electron chi connectivity index (χ0n) is 11.0.